The zero-order chi connectivity index (χ0) is 21.0. The standard InChI is InChI=1S/C21H13FN2O5S/c1-28-15-8-10(2-4-13(15)25)17-16-18(26)12-9-11(22)3-5-14(12)29-19(16)20(27)24(17)21-23-6-7-30-21/h2-9,17,25H,1H3/t17-/m1/s1. The van der Waals surface area contributed by atoms with E-state index in [4.69, 9.17) is 9.15 Å². The van der Waals surface area contributed by atoms with Gasteiger partial charge in [-0.2, -0.15) is 0 Å². The highest BCUT2D eigenvalue weighted by Gasteiger charge is 2.45. The second-order valence-electron chi connectivity index (χ2n) is 6.64. The van der Waals surface area contributed by atoms with Gasteiger partial charge in [-0.3, -0.25) is 14.5 Å². The first-order chi connectivity index (χ1) is 14.5. The van der Waals surface area contributed by atoms with Crippen molar-refractivity contribution in [3.8, 4) is 11.5 Å². The molecule has 4 aromatic rings. The van der Waals surface area contributed by atoms with Gasteiger partial charge in [-0.15, -0.1) is 11.3 Å². The second-order valence-corrected chi connectivity index (χ2v) is 7.51. The van der Waals surface area contributed by atoms with Crippen LogP contribution in [0.25, 0.3) is 11.0 Å². The summed E-state index contributed by atoms with van der Waals surface area (Å²) in [5, 5.41) is 12.1. The Labute approximate surface area is 172 Å². The molecule has 0 spiro atoms. The number of carbonyl (C=O) groups is 1. The topological polar surface area (TPSA) is 92.9 Å². The summed E-state index contributed by atoms with van der Waals surface area (Å²) >= 11 is 1.23. The van der Waals surface area contributed by atoms with E-state index < -0.39 is 23.2 Å². The maximum atomic E-state index is 13.8. The van der Waals surface area contributed by atoms with Crippen molar-refractivity contribution in [1.82, 2.24) is 4.98 Å². The van der Waals surface area contributed by atoms with Crippen LogP contribution >= 0.6 is 11.3 Å². The number of aromatic hydroxyl groups is 1. The molecular formula is C21H13FN2O5S. The van der Waals surface area contributed by atoms with Crippen molar-refractivity contribution in [1.29, 1.82) is 0 Å². The van der Waals surface area contributed by atoms with E-state index in [1.165, 1.54) is 41.5 Å². The van der Waals surface area contributed by atoms with E-state index in [-0.39, 0.29) is 33.8 Å². The molecule has 150 valence electrons. The number of methoxy groups -OCH3 is 1. The fourth-order valence-corrected chi connectivity index (χ4v) is 4.32. The Kier molecular flexibility index (Phi) is 4.07. The van der Waals surface area contributed by atoms with Crippen LogP contribution in [0.2, 0.25) is 0 Å². The first kappa shape index (κ1) is 18.3. The lowest BCUT2D eigenvalue weighted by Crippen LogP contribution is -2.29. The third-order valence-corrected chi connectivity index (χ3v) is 5.75. The van der Waals surface area contributed by atoms with Gasteiger partial charge in [0, 0.05) is 11.6 Å². The number of carbonyl (C=O) groups excluding carboxylic acids is 1. The van der Waals surface area contributed by atoms with Gasteiger partial charge in [-0.25, -0.2) is 9.37 Å². The average molecular weight is 424 g/mol. The van der Waals surface area contributed by atoms with Crippen molar-refractivity contribution < 1.29 is 23.4 Å². The summed E-state index contributed by atoms with van der Waals surface area (Å²) in [4.78, 5) is 32.2. The molecule has 9 heteroatoms. The summed E-state index contributed by atoms with van der Waals surface area (Å²) in [7, 11) is 1.40. The molecule has 7 nitrogen and oxygen atoms in total. The number of aromatic nitrogens is 1. The van der Waals surface area contributed by atoms with Crippen molar-refractivity contribution in [2.45, 2.75) is 6.04 Å². The van der Waals surface area contributed by atoms with E-state index in [9.17, 15) is 19.1 Å². The number of hydrogen-bond acceptors (Lipinski definition) is 7. The molecule has 0 unspecified atom stereocenters. The molecule has 5 rings (SSSR count). The summed E-state index contributed by atoms with van der Waals surface area (Å²) < 4.78 is 24.7. The van der Waals surface area contributed by atoms with E-state index >= 15 is 0 Å². The van der Waals surface area contributed by atoms with Crippen LogP contribution in [0.1, 0.15) is 27.7 Å². The van der Waals surface area contributed by atoms with Gasteiger partial charge in [0.05, 0.1) is 24.1 Å². The molecule has 3 heterocycles. The van der Waals surface area contributed by atoms with Crippen molar-refractivity contribution in [3.05, 3.63) is 80.9 Å². The van der Waals surface area contributed by atoms with Crippen LogP contribution in [-0.4, -0.2) is 23.1 Å². The van der Waals surface area contributed by atoms with Gasteiger partial charge in [0.25, 0.3) is 5.91 Å². The largest absolute Gasteiger partial charge is 0.504 e. The second kappa shape index (κ2) is 6.67. The number of halogens is 1. The van der Waals surface area contributed by atoms with E-state index in [0.29, 0.717) is 10.7 Å². The van der Waals surface area contributed by atoms with Crippen molar-refractivity contribution in [3.63, 3.8) is 0 Å². The molecule has 1 N–H and O–H groups in total. The Morgan fingerprint density at radius 1 is 1.23 bits per heavy atom. The predicted octanol–water partition coefficient (Wildman–Crippen LogP) is 3.85. The first-order valence-electron chi connectivity index (χ1n) is 8.86. The average Bonchev–Trinajstić information content (AvgIpc) is 3.36. The number of hydrogen-bond donors (Lipinski definition) is 1. The molecule has 0 bridgehead atoms. The molecule has 0 radical (unpaired) electrons. The molecule has 1 amide bonds. The zero-order valence-corrected chi connectivity index (χ0v) is 16.3. The van der Waals surface area contributed by atoms with Crippen LogP contribution in [0.15, 0.2) is 57.2 Å². The Morgan fingerprint density at radius 2 is 2.07 bits per heavy atom. The summed E-state index contributed by atoms with van der Waals surface area (Å²) in [5.41, 5.74) is 0.211. The molecular weight excluding hydrogens is 411 g/mol. The Hall–Kier alpha value is -3.72. The van der Waals surface area contributed by atoms with Gasteiger partial charge >= 0.3 is 0 Å². The summed E-state index contributed by atoms with van der Waals surface area (Å²) in [6, 6.07) is 7.24. The quantitative estimate of drug-likeness (QED) is 0.537. The number of benzene rings is 2. The van der Waals surface area contributed by atoms with Crippen molar-refractivity contribution >= 4 is 33.3 Å². The molecule has 0 aliphatic carbocycles. The van der Waals surface area contributed by atoms with E-state index in [0.717, 1.165) is 12.1 Å². The SMILES string of the molecule is COc1cc([C@@H]2c3c(oc4ccc(F)cc4c3=O)C(=O)N2c2nccs2)ccc1O. The lowest BCUT2D eigenvalue weighted by atomic mass is 9.98. The lowest BCUT2D eigenvalue weighted by Gasteiger charge is -2.23. The predicted molar refractivity (Wildman–Crippen MR) is 108 cm³/mol. The molecule has 2 aromatic heterocycles. The number of phenols is 1. The van der Waals surface area contributed by atoms with Gasteiger partial charge in [0.1, 0.15) is 11.4 Å². The van der Waals surface area contributed by atoms with Gasteiger partial charge in [-0.05, 0) is 35.9 Å². The van der Waals surface area contributed by atoms with Crippen LogP contribution in [-0.2, 0) is 0 Å². The lowest BCUT2D eigenvalue weighted by molar-refractivity contribution is 0.0971. The molecule has 1 atom stereocenters. The summed E-state index contributed by atoms with van der Waals surface area (Å²) in [5.74, 6) is -1.13. The monoisotopic (exact) mass is 424 g/mol. The Morgan fingerprint density at radius 3 is 2.80 bits per heavy atom. The van der Waals surface area contributed by atoms with Crippen LogP contribution in [0.3, 0.4) is 0 Å². The Balaban J connectivity index is 1.83. The van der Waals surface area contributed by atoms with Crippen LogP contribution in [0, 0.1) is 5.82 Å². The highest BCUT2D eigenvalue weighted by molar-refractivity contribution is 7.13. The van der Waals surface area contributed by atoms with Crippen LogP contribution in [0.5, 0.6) is 11.5 Å². The number of fused-ring (bicyclic) bond motifs is 2. The summed E-state index contributed by atoms with van der Waals surface area (Å²) in [6.07, 6.45) is 1.55. The minimum absolute atomic E-state index is 0.0401. The molecule has 0 saturated heterocycles. The highest BCUT2D eigenvalue weighted by Crippen LogP contribution is 2.43. The van der Waals surface area contributed by atoms with Crippen molar-refractivity contribution in [2.75, 3.05) is 12.0 Å². The molecule has 1 aliphatic rings. The first-order valence-corrected chi connectivity index (χ1v) is 9.73. The smallest absolute Gasteiger partial charge is 0.297 e. The number of amides is 1. The normalized spacial score (nSPS) is 15.6. The van der Waals surface area contributed by atoms with Crippen molar-refractivity contribution in [2.24, 2.45) is 0 Å². The number of nitrogens with zero attached hydrogens (tertiary/aromatic N) is 2. The number of anilines is 1. The van der Waals surface area contributed by atoms with Gasteiger partial charge in [0.15, 0.2) is 22.1 Å². The number of rotatable bonds is 3. The molecule has 0 saturated carbocycles. The molecule has 2 aromatic carbocycles. The maximum Gasteiger partial charge on any atom is 0.297 e. The van der Waals surface area contributed by atoms with Crippen LogP contribution < -0.4 is 15.1 Å². The molecule has 0 fully saturated rings. The highest BCUT2D eigenvalue weighted by atomic mass is 32.1. The third kappa shape index (κ3) is 2.59. The molecule has 1 aliphatic heterocycles. The fourth-order valence-electron chi connectivity index (χ4n) is 3.66. The van der Waals surface area contributed by atoms with Crippen LogP contribution in [0.4, 0.5) is 9.52 Å². The van der Waals surface area contributed by atoms with Gasteiger partial charge < -0.3 is 14.3 Å². The van der Waals surface area contributed by atoms with Gasteiger partial charge in [-0.1, -0.05) is 6.07 Å². The number of thiazole rings is 1. The van der Waals surface area contributed by atoms with E-state index in [2.05, 4.69) is 4.98 Å². The minimum atomic E-state index is -0.878. The van der Waals surface area contributed by atoms with E-state index in [1.807, 2.05) is 0 Å². The summed E-state index contributed by atoms with van der Waals surface area (Å²) in [6.45, 7) is 0. The minimum Gasteiger partial charge on any atom is -0.504 e. The third-order valence-electron chi connectivity index (χ3n) is 4.98. The van der Waals surface area contributed by atoms with Gasteiger partial charge in [0.2, 0.25) is 5.76 Å². The van der Waals surface area contributed by atoms with E-state index in [1.54, 1.807) is 17.6 Å². The molecule has 30 heavy (non-hydrogen) atoms. The number of ether oxygens (including phenoxy) is 1. The maximum absolute atomic E-state index is 13.8. The zero-order valence-electron chi connectivity index (χ0n) is 15.5. The number of phenolic OH excluding ortho intramolecular Hbond substituents is 1. The Bertz CT molecular complexity index is 1370. The fraction of sp³-hybridized carbons (Fsp3) is 0.0952.